The van der Waals surface area contributed by atoms with Crippen LogP contribution < -0.4 is 5.32 Å². The number of quaternary nitrogens is 1. The van der Waals surface area contributed by atoms with Crippen LogP contribution in [0.2, 0.25) is 0 Å². The molecule has 8 heteroatoms. The number of unbranched alkanes of at least 4 members (excludes halogenated alkanes) is 1. The molecule has 1 aromatic carbocycles. The minimum Gasteiger partial charge on any atom is -0.456 e. The number of nitrogens with zero attached hydrogens (tertiary/aromatic N) is 1. The highest BCUT2D eigenvalue weighted by atomic mass is 16.6. The summed E-state index contributed by atoms with van der Waals surface area (Å²) in [5, 5.41) is 2.61. The number of carbonyl (C=O) groups is 3. The lowest BCUT2D eigenvalue weighted by Crippen LogP contribution is -2.56. The minimum atomic E-state index is -0.669. The molecular formula is C22H35N2O6+. The highest BCUT2D eigenvalue weighted by molar-refractivity contribution is 5.74. The van der Waals surface area contributed by atoms with E-state index in [1.54, 1.807) is 27.8 Å². The lowest BCUT2D eigenvalue weighted by Gasteiger charge is -2.30. The summed E-state index contributed by atoms with van der Waals surface area (Å²) in [5.74, 6) is -0.521. The summed E-state index contributed by atoms with van der Waals surface area (Å²) in [4.78, 5) is 36.9. The average molecular weight is 424 g/mol. The number of benzene rings is 1. The fraction of sp³-hybridized carbons (Fsp3) is 0.591. The Hall–Kier alpha value is -2.61. The molecule has 0 radical (unpaired) electrons. The first kappa shape index (κ1) is 25.4. The number of hydrogen-bond donors (Lipinski definition) is 1. The van der Waals surface area contributed by atoms with E-state index in [0.29, 0.717) is 6.61 Å². The van der Waals surface area contributed by atoms with Crippen LogP contribution in [0.5, 0.6) is 0 Å². The minimum absolute atomic E-state index is 0.0916. The molecule has 1 rings (SSSR count). The molecule has 1 atom stereocenters. The van der Waals surface area contributed by atoms with Crippen molar-refractivity contribution in [3.8, 4) is 0 Å². The van der Waals surface area contributed by atoms with Gasteiger partial charge in [-0.3, -0.25) is 0 Å². The normalized spacial score (nSPS) is 13.1. The van der Waals surface area contributed by atoms with Crippen molar-refractivity contribution in [2.24, 2.45) is 0 Å². The molecule has 0 bridgehead atoms. The molecular weight excluding hydrogens is 388 g/mol. The summed E-state index contributed by atoms with van der Waals surface area (Å²) >= 11 is 0. The molecule has 0 aliphatic heterocycles. The van der Waals surface area contributed by atoms with Gasteiger partial charge in [-0.2, -0.15) is 4.79 Å². The summed E-state index contributed by atoms with van der Waals surface area (Å²) in [6.45, 7) is 7.80. The number of esters is 1. The average Bonchev–Trinajstić information content (AvgIpc) is 2.65. The SMILES string of the molecule is CCCCOC(=O)NCC[N+](C)(CC(=O)OC(C)(C)C)C(=O)OCc1ccccc1. The van der Waals surface area contributed by atoms with E-state index < -0.39 is 23.8 Å². The molecule has 168 valence electrons. The Morgan fingerprint density at radius 3 is 2.33 bits per heavy atom. The Balaban J connectivity index is 2.72. The van der Waals surface area contributed by atoms with Gasteiger partial charge in [0, 0.05) is 0 Å². The Labute approximate surface area is 179 Å². The van der Waals surface area contributed by atoms with Crippen LogP contribution in [-0.4, -0.2) is 61.5 Å². The van der Waals surface area contributed by atoms with Gasteiger partial charge in [-0.1, -0.05) is 43.7 Å². The molecule has 0 spiro atoms. The zero-order valence-electron chi connectivity index (χ0n) is 18.7. The van der Waals surface area contributed by atoms with E-state index in [4.69, 9.17) is 14.2 Å². The molecule has 0 fully saturated rings. The molecule has 0 heterocycles. The van der Waals surface area contributed by atoms with Crippen LogP contribution in [0, 0.1) is 0 Å². The van der Waals surface area contributed by atoms with Crippen LogP contribution in [-0.2, 0) is 25.6 Å². The fourth-order valence-corrected chi connectivity index (χ4v) is 2.53. The van der Waals surface area contributed by atoms with Gasteiger partial charge in [0.05, 0.1) is 20.2 Å². The van der Waals surface area contributed by atoms with Crippen molar-refractivity contribution in [1.82, 2.24) is 5.32 Å². The van der Waals surface area contributed by atoms with Crippen molar-refractivity contribution in [2.45, 2.75) is 52.7 Å². The van der Waals surface area contributed by atoms with Crippen LogP contribution in [0.3, 0.4) is 0 Å². The number of ether oxygens (including phenoxy) is 3. The zero-order valence-corrected chi connectivity index (χ0v) is 18.7. The predicted octanol–water partition coefficient (Wildman–Crippen LogP) is 3.64. The zero-order chi connectivity index (χ0) is 22.6. The van der Waals surface area contributed by atoms with Crippen LogP contribution in [0.4, 0.5) is 9.59 Å². The van der Waals surface area contributed by atoms with Crippen molar-refractivity contribution in [1.29, 1.82) is 0 Å². The van der Waals surface area contributed by atoms with E-state index in [1.165, 1.54) is 0 Å². The van der Waals surface area contributed by atoms with E-state index in [-0.39, 0.29) is 30.7 Å². The molecule has 1 unspecified atom stereocenters. The standard InChI is InChI=1S/C22H34N2O6/c1-6-7-15-28-20(26)23-13-14-24(5,16-19(25)30-22(2,3)4)21(27)29-17-18-11-9-8-10-12-18/h8-12H,6-7,13-17H2,1-5H3/p+1. The molecule has 0 saturated carbocycles. The third-order valence-corrected chi connectivity index (χ3v) is 4.15. The van der Waals surface area contributed by atoms with Crippen molar-refractivity contribution in [2.75, 3.05) is 33.3 Å². The molecule has 2 amide bonds. The van der Waals surface area contributed by atoms with Gasteiger partial charge < -0.3 is 19.5 Å². The molecule has 8 nitrogen and oxygen atoms in total. The number of carbonyl (C=O) groups excluding carboxylic acids is 3. The maximum absolute atomic E-state index is 12.8. The summed E-state index contributed by atoms with van der Waals surface area (Å²) in [7, 11) is 1.58. The number of amides is 2. The van der Waals surface area contributed by atoms with Gasteiger partial charge >= 0.3 is 18.2 Å². The van der Waals surface area contributed by atoms with Crippen LogP contribution in [0.1, 0.15) is 46.1 Å². The van der Waals surface area contributed by atoms with E-state index in [0.717, 1.165) is 18.4 Å². The van der Waals surface area contributed by atoms with Crippen LogP contribution >= 0.6 is 0 Å². The van der Waals surface area contributed by atoms with Crippen molar-refractivity contribution >= 4 is 18.2 Å². The van der Waals surface area contributed by atoms with E-state index in [2.05, 4.69) is 5.32 Å². The molecule has 0 aromatic heterocycles. The molecule has 0 aliphatic rings. The van der Waals surface area contributed by atoms with Gasteiger partial charge in [0.2, 0.25) is 0 Å². The summed E-state index contributed by atoms with van der Waals surface area (Å²) in [5.41, 5.74) is 0.171. The second-order valence-corrected chi connectivity index (χ2v) is 8.32. The number of rotatable bonds is 10. The first-order valence-corrected chi connectivity index (χ1v) is 10.2. The largest absolute Gasteiger partial charge is 0.516 e. The number of alkyl carbamates (subject to hydrolysis) is 1. The Bertz CT molecular complexity index is 687. The quantitative estimate of drug-likeness (QED) is 0.267. The number of nitrogens with one attached hydrogen (secondary N) is 1. The van der Waals surface area contributed by atoms with E-state index in [1.807, 2.05) is 37.3 Å². The Morgan fingerprint density at radius 2 is 1.73 bits per heavy atom. The van der Waals surface area contributed by atoms with Gasteiger partial charge in [0.25, 0.3) is 0 Å². The van der Waals surface area contributed by atoms with Gasteiger partial charge in [0.1, 0.15) is 18.8 Å². The van der Waals surface area contributed by atoms with Gasteiger partial charge in [-0.05, 0) is 32.8 Å². The first-order chi connectivity index (χ1) is 14.1. The number of hydrogen-bond acceptors (Lipinski definition) is 6. The Kier molecular flexibility index (Phi) is 10.3. The van der Waals surface area contributed by atoms with Crippen molar-refractivity contribution in [3.05, 3.63) is 35.9 Å². The summed E-state index contributed by atoms with van der Waals surface area (Å²) < 4.78 is 15.5. The summed E-state index contributed by atoms with van der Waals surface area (Å²) in [6, 6.07) is 9.27. The van der Waals surface area contributed by atoms with Crippen LogP contribution in [0.25, 0.3) is 0 Å². The maximum Gasteiger partial charge on any atom is 0.516 e. The van der Waals surface area contributed by atoms with E-state index >= 15 is 0 Å². The number of likely N-dealkylation sites (N-methyl/N-ethyl adjacent to an activating group) is 1. The third-order valence-electron chi connectivity index (χ3n) is 4.15. The first-order valence-electron chi connectivity index (χ1n) is 10.2. The lowest BCUT2D eigenvalue weighted by molar-refractivity contribution is -0.829. The monoisotopic (exact) mass is 423 g/mol. The van der Waals surface area contributed by atoms with Gasteiger partial charge in [-0.25, -0.2) is 14.1 Å². The van der Waals surface area contributed by atoms with Crippen molar-refractivity contribution in [3.63, 3.8) is 0 Å². The van der Waals surface area contributed by atoms with Gasteiger partial charge in [0.15, 0.2) is 6.54 Å². The highest BCUT2D eigenvalue weighted by Gasteiger charge is 2.38. The summed E-state index contributed by atoms with van der Waals surface area (Å²) in [6.07, 6.45) is 0.576. The Morgan fingerprint density at radius 1 is 1.07 bits per heavy atom. The predicted molar refractivity (Wildman–Crippen MR) is 113 cm³/mol. The highest BCUT2D eigenvalue weighted by Crippen LogP contribution is 2.13. The molecule has 1 N–H and O–H groups in total. The topological polar surface area (TPSA) is 90.9 Å². The lowest BCUT2D eigenvalue weighted by atomic mass is 10.2. The third kappa shape index (κ3) is 10.2. The second kappa shape index (κ2) is 12.2. The molecule has 0 saturated heterocycles. The smallest absolute Gasteiger partial charge is 0.456 e. The van der Waals surface area contributed by atoms with Crippen molar-refractivity contribution < 1.29 is 33.1 Å². The second-order valence-electron chi connectivity index (χ2n) is 8.32. The van der Waals surface area contributed by atoms with E-state index in [9.17, 15) is 14.4 Å². The van der Waals surface area contributed by atoms with Crippen LogP contribution in [0.15, 0.2) is 30.3 Å². The molecule has 0 aliphatic carbocycles. The van der Waals surface area contributed by atoms with Gasteiger partial charge in [-0.15, -0.1) is 0 Å². The molecule has 1 aromatic rings. The maximum atomic E-state index is 12.8. The molecule has 30 heavy (non-hydrogen) atoms. The fourth-order valence-electron chi connectivity index (χ4n) is 2.53.